The van der Waals surface area contributed by atoms with Gasteiger partial charge >= 0.3 is 0 Å². The normalized spacial score (nSPS) is 12.2. The van der Waals surface area contributed by atoms with E-state index in [0.29, 0.717) is 6.42 Å². The van der Waals surface area contributed by atoms with Crippen LogP contribution in [0.25, 0.3) is 0 Å². The average Bonchev–Trinajstić information content (AvgIpc) is 1.65. The summed E-state index contributed by atoms with van der Waals surface area (Å²) in [4.78, 5) is 0. The molecule has 0 aliphatic heterocycles. The summed E-state index contributed by atoms with van der Waals surface area (Å²) < 4.78 is 11.5. The van der Waals surface area contributed by atoms with Crippen LogP contribution in [0.3, 0.4) is 0 Å². The summed E-state index contributed by atoms with van der Waals surface area (Å²) in [7, 11) is 0. The molecule has 0 spiro atoms. The molecule has 0 heterocycles. The standard InChI is InChI=1S/C4H5ClF/c1-2-4(6)3-5/h2H2,1H3. The zero-order valence-electron chi connectivity index (χ0n) is 3.46. The van der Waals surface area contributed by atoms with Crippen molar-refractivity contribution in [3.63, 3.8) is 0 Å². The third-order valence-electron chi connectivity index (χ3n) is 0.413. The van der Waals surface area contributed by atoms with Crippen molar-refractivity contribution in [2.24, 2.45) is 0 Å². The molecule has 0 saturated heterocycles. The van der Waals surface area contributed by atoms with Gasteiger partial charge in [-0.2, -0.15) is 0 Å². The van der Waals surface area contributed by atoms with Crippen molar-refractivity contribution < 1.29 is 4.39 Å². The molecule has 0 bridgehead atoms. The minimum Gasteiger partial charge on any atom is -0.210 e. The predicted octanol–water partition coefficient (Wildman–Crippen LogP) is 2.25. The summed E-state index contributed by atoms with van der Waals surface area (Å²) in [5, 5.41) is 0. The van der Waals surface area contributed by atoms with Gasteiger partial charge in [0.25, 0.3) is 0 Å². The van der Waals surface area contributed by atoms with E-state index < -0.39 is 5.83 Å². The van der Waals surface area contributed by atoms with Gasteiger partial charge in [0.15, 0.2) is 0 Å². The highest BCUT2D eigenvalue weighted by Gasteiger charge is 1.82. The summed E-state index contributed by atoms with van der Waals surface area (Å²) >= 11 is 4.79. The predicted molar refractivity (Wildman–Crippen MR) is 24.0 cm³/mol. The van der Waals surface area contributed by atoms with Gasteiger partial charge in [0.1, 0.15) is 5.83 Å². The van der Waals surface area contributed by atoms with Crippen LogP contribution in [0.2, 0.25) is 0 Å². The van der Waals surface area contributed by atoms with E-state index in [1.807, 2.05) is 5.54 Å². The van der Waals surface area contributed by atoms with Crippen LogP contribution in [-0.4, -0.2) is 0 Å². The van der Waals surface area contributed by atoms with E-state index in [0.717, 1.165) is 0 Å². The van der Waals surface area contributed by atoms with Gasteiger partial charge in [0, 0.05) is 0 Å². The summed E-state index contributed by atoms with van der Waals surface area (Å²) in [5.41, 5.74) is 1.84. The Balaban J connectivity index is 3.22. The van der Waals surface area contributed by atoms with Crippen LogP contribution < -0.4 is 0 Å². The molecule has 2 heteroatoms. The third-order valence-corrected chi connectivity index (χ3v) is 0.618. The zero-order valence-corrected chi connectivity index (χ0v) is 4.22. The third kappa shape index (κ3) is 2.21. The maximum atomic E-state index is 11.5. The lowest BCUT2D eigenvalue weighted by molar-refractivity contribution is 0.603. The second-order valence-corrected chi connectivity index (χ2v) is 1.04. The van der Waals surface area contributed by atoms with Crippen LogP contribution >= 0.6 is 11.6 Å². The Morgan fingerprint density at radius 1 is 2.00 bits per heavy atom. The van der Waals surface area contributed by atoms with Crippen LogP contribution in [-0.2, 0) is 0 Å². The monoisotopic (exact) mass is 107 g/mol. The fourth-order valence-electron chi connectivity index (χ4n) is 0.0668. The molecule has 0 aromatic heterocycles. The first-order valence-corrected chi connectivity index (χ1v) is 2.07. The Morgan fingerprint density at radius 3 is 2.50 bits per heavy atom. The average molecular weight is 108 g/mol. The van der Waals surface area contributed by atoms with Crippen LogP contribution in [0.5, 0.6) is 0 Å². The van der Waals surface area contributed by atoms with Gasteiger partial charge in [0.05, 0.1) is 5.54 Å². The fourth-order valence-corrected chi connectivity index (χ4v) is 0.200. The first-order chi connectivity index (χ1) is 2.81. The number of halogens is 2. The molecule has 0 aliphatic rings. The van der Waals surface area contributed by atoms with Gasteiger partial charge in [-0.05, 0) is 6.42 Å². The molecule has 0 aromatic carbocycles. The minimum absolute atomic E-state index is 0.337. The van der Waals surface area contributed by atoms with Gasteiger partial charge in [-0.3, -0.25) is 0 Å². The lowest BCUT2D eigenvalue weighted by Crippen LogP contribution is -1.60. The second kappa shape index (κ2) is 3.16. The SMILES string of the molecule is CC/C(F)=[C]/Cl. The number of allylic oxidation sites excluding steroid dienone is 1. The molecule has 0 aliphatic carbocycles. The molecule has 0 nitrogen and oxygen atoms in total. The van der Waals surface area contributed by atoms with E-state index in [-0.39, 0.29) is 0 Å². The molecule has 0 fully saturated rings. The minimum atomic E-state index is -0.392. The molecule has 0 atom stereocenters. The van der Waals surface area contributed by atoms with E-state index in [1.165, 1.54) is 0 Å². The summed E-state index contributed by atoms with van der Waals surface area (Å²) in [6, 6.07) is 0. The van der Waals surface area contributed by atoms with Crippen LogP contribution in [0.4, 0.5) is 4.39 Å². The van der Waals surface area contributed by atoms with Gasteiger partial charge in [-0.15, -0.1) is 0 Å². The van der Waals surface area contributed by atoms with Crippen molar-refractivity contribution in [2.75, 3.05) is 0 Å². The Morgan fingerprint density at radius 2 is 2.50 bits per heavy atom. The van der Waals surface area contributed by atoms with E-state index in [4.69, 9.17) is 11.6 Å². The first-order valence-electron chi connectivity index (χ1n) is 1.69. The molecule has 1 radical (unpaired) electrons. The lowest BCUT2D eigenvalue weighted by Gasteiger charge is -1.77. The number of hydrogen-bond donors (Lipinski definition) is 0. The summed E-state index contributed by atoms with van der Waals surface area (Å²) in [5.74, 6) is -0.392. The zero-order chi connectivity index (χ0) is 4.99. The molecular weight excluding hydrogens is 102 g/mol. The van der Waals surface area contributed by atoms with Gasteiger partial charge in [0.2, 0.25) is 0 Å². The van der Waals surface area contributed by atoms with E-state index in [2.05, 4.69) is 0 Å². The van der Waals surface area contributed by atoms with Crippen molar-refractivity contribution >= 4 is 11.6 Å². The smallest absolute Gasteiger partial charge is 0.120 e. The largest absolute Gasteiger partial charge is 0.210 e. The molecule has 0 N–H and O–H groups in total. The van der Waals surface area contributed by atoms with Crippen LogP contribution in [0.15, 0.2) is 5.83 Å². The number of hydrogen-bond acceptors (Lipinski definition) is 0. The Kier molecular flexibility index (Phi) is 3.14. The number of rotatable bonds is 1. The summed E-state index contributed by atoms with van der Waals surface area (Å²) in [6.07, 6.45) is 0.337. The van der Waals surface area contributed by atoms with Crippen molar-refractivity contribution in [1.82, 2.24) is 0 Å². The molecule has 0 unspecified atom stereocenters. The van der Waals surface area contributed by atoms with Crippen molar-refractivity contribution in [1.29, 1.82) is 0 Å². The van der Waals surface area contributed by atoms with Gasteiger partial charge in [-0.1, -0.05) is 18.5 Å². The Hall–Kier alpha value is -0.0400. The molecule has 0 rings (SSSR count). The lowest BCUT2D eigenvalue weighted by atomic mass is 10.5. The van der Waals surface area contributed by atoms with E-state index >= 15 is 0 Å². The van der Waals surface area contributed by atoms with Crippen molar-refractivity contribution in [2.45, 2.75) is 13.3 Å². The Labute approximate surface area is 41.6 Å². The maximum Gasteiger partial charge on any atom is 0.120 e. The van der Waals surface area contributed by atoms with Crippen LogP contribution in [0.1, 0.15) is 13.3 Å². The first kappa shape index (κ1) is 5.96. The van der Waals surface area contributed by atoms with Crippen LogP contribution in [0, 0.1) is 5.54 Å². The second-order valence-electron chi connectivity index (χ2n) is 0.853. The Bertz CT molecular complexity index is 58.6. The highest BCUT2D eigenvalue weighted by Crippen LogP contribution is 2.00. The fraction of sp³-hybridized carbons (Fsp3) is 0.500. The topological polar surface area (TPSA) is 0 Å². The molecule has 0 amide bonds. The molecule has 6 heavy (non-hydrogen) atoms. The maximum absolute atomic E-state index is 11.5. The highest BCUT2D eigenvalue weighted by molar-refractivity contribution is 6.22. The molecule has 0 aromatic rings. The summed E-state index contributed by atoms with van der Waals surface area (Å²) in [6.45, 7) is 1.67. The van der Waals surface area contributed by atoms with Gasteiger partial charge < -0.3 is 0 Å². The highest BCUT2D eigenvalue weighted by atomic mass is 35.5. The van der Waals surface area contributed by atoms with Crippen molar-refractivity contribution in [3.8, 4) is 0 Å². The van der Waals surface area contributed by atoms with Gasteiger partial charge in [-0.25, -0.2) is 4.39 Å². The molecule has 35 valence electrons. The quantitative estimate of drug-likeness (QED) is 0.482. The van der Waals surface area contributed by atoms with Crippen molar-refractivity contribution in [3.05, 3.63) is 11.4 Å². The molecule has 0 saturated carbocycles. The molecular formula is C4H5ClF. The van der Waals surface area contributed by atoms with E-state index in [1.54, 1.807) is 6.92 Å². The van der Waals surface area contributed by atoms with E-state index in [9.17, 15) is 4.39 Å².